The predicted octanol–water partition coefficient (Wildman–Crippen LogP) is 2.62. The molecule has 0 radical (unpaired) electrons. The molecule has 0 spiro atoms. The van der Waals surface area contributed by atoms with Crippen molar-refractivity contribution in [2.45, 2.75) is 29.5 Å². The second-order valence-corrected chi connectivity index (χ2v) is 10.4. The van der Waals surface area contributed by atoms with Crippen molar-refractivity contribution in [2.75, 3.05) is 37.4 Å². The first-order valence-corrected chi connectivity index (χ1v) is 12.1. The SMILES string of the molecule is CCCSc1nnc(NC(=O)c2cc(S(=O)(=O)N3CCOCC3)ccc2C)s1. The molecule has 1 saturated heterocycles. The first kappa shape index (κ1) is 21.2. The van der Waals surface area contributed by atoms with E-state index in [9.17, 15) is 13.2 Å². The third-order valence-electron chi connectivity index (χ3n) is 4.12. The van der Waals surface area contributed by atoms with Gasteiger partial charge in [0.05, 0.1) is 18.1 Å². The quantitative estimate of drug-likeness (QED) is 0.519. The summed E-state index contributed by atoms with van der Waals surface area (Å²) in [7, 11) is -3.67. The summed E-state index contributed by atoms with van der Waals surface area (Å²) in [6, 6.07) is 4.59. The number of ether oxygens (including phenoxy) is 1. The van der Waals surface area contributed by atoms with E-state index in [1.807, 2.05) is 0 Å². The molecule has 1 aromatic heterocycles. The number of carbonyl (C=O) groups excluding carboxylic acids is 1. The van der Waals surface area contributed by atoms with Gasteiger partial charge in [0.1, 0.15) is 0 Å². The van der Waals surface area contributed by atoms with Gasteiger partial charge in [-0.2, -0.15) is 4.31 Å². The number of morpholine rings is 1. The fraction of sp³-hybridized carbons (Fsp3) is 0.471. The van der Waals surface area contributed by atoms with Gasteiger partial charge in [-0.25, -0.2) is 8.42 Å². The van der Waals surface area contributed by atoms with E-state index in [2.05, 4.69) is 22.4 Å². The van der Waals surface area contributed by atoms with Gasteiger partial charge in [-0.15, -0.1) is 10.2 Å². The fourth-order valence-corrected chi connectivity index (χ4v) is 5.72. The molecule has 0 saturated carbocycles. The molecule has 1 aromatic carbocycles. The summed E-state index contributed by atoms with van der Waals surface area (Å²) in [5.41, 5.74) is 0.982. The molecule has 8 nitrogen and oxygen atoms in total. The number of amides is 1. The number of benzene rings is 1. The van der Waals surface area contributed by atoms with Crippen LogP contribution in [-0.2, 0) is 14.8 Å². The number of nitrogens with one attached hydrogen (secondary N) is 1. The van der Waals surface area contributed by atoms with Crippen LogP contribution in [-0.4, -0.2) is 60.9 Å². The molecule has 3 rings (SSSR count). The molecule has 28 heavy (non-hydrogen) atoms. The lowest BCUT2D eigenvalue weighted by molar-refractivity contribution is 0.0730. The lowest BCUT2D eigenvalue weighted by Crippen LogP contribution is -2.40. The molecule has 2 heterocycles. The third-order valence-corrected chi connectivity index (χ3v) is 8.19. The van der Waals surface area contributed by atoms with Crippen LogP contribution < -0.4 is 5.32 Å². The molecule has 1 aliphatic rings. The highest BCUT2D eigenvalue weighted by atomic mass is 32.2. The number of nitrogens with zero attached hydrogens (tertiary/aromatic N) is 3. The average molecular weight is 443 g/mol. The molecule has 0 aliphatic carbocycles. The van der Waals surface area contributed by atoms with Gasteiger partial charge in [-0.05, 0) is 31.0 Å². The van der Waals surface area contributed by atoms with Gasteiger partial charge in [-0.1, -0.05) is 36.1 Å². The average Bonchev–Trinajstić information content (AvgIpc) is 3.14. The van der Waals surface area contributed by atoms with Crippen molar-refractivity contribution in [1.29, 1.82) is 0 Å². The summed E-state index contributed by atoms with van der Waals surface area (Å²) in [5, 5.41) is 11.1. The summed E-state index contributed by atoms with van der Waals surface area (Å²) >= 11 is 2.89. The molecular weight excluding hydrogens is 420 g/mol. The van der Waals surface area contributed by atoms with Gasteiger partial charge >= 0.3 is 0 Å². The van der Waals surface area contributed by atoms with E-state index in [0.29, 0.717) is 42.6 Å². The minimum atomic E-state index is -3.67. The second-order valence-electron chi connectivity index (χ2n) is 6.17. The number of aryl methyl sites for hydroxylation is 1. The van der Waals surface area contributed by atoms with Crippen LogP contribution in [0.1, 0.15) is 29.3 Å². The van der Waals surface area contributed by atoms with Crippen molar-refractivity contribution < 1.29 is 17.9 Å². The molecule has 1 N–H and O–H groups in total. The normalized spacial score (nSPS) is 15.5. The molecule has 0 bridgehead atoms. The number of hydrogen-bond acceptors (Lipinski definition) is 8. The van der Waals surface area contributed by atoms with Crippen molar-refractivity contribution in [2.24, 2.45) is 0 Å². The zero-order valence-electron chi connectivity index (χ0n) is 15.7. The highest BCUT2D eigenvalue weighted by Crippen LogP contribution is 2.27. The maximum absolute atomic E-state index is 12.9. The molecule has 152 valence electrons. The zero-order chi connectivity index (χ0) is 20.1. The maximum atomic E-state index is 12.9. The summed E-state index contributed by atoms with van der Waals surface area (Å²) in [6.45, 7) is 5.20. The van der Waals surface area contributed by atoms with Gasteiger partial charge < -0.3 is 4.74 Å². The fourth-order valence-electron chi connectivity index (χ4n) is 2.61. The summed E-state index contributed by atoms with van der Waals surface area (Å²) in [6.07, 6.45) is 1.02. The molecule has 0 atom stereocenters. The topological polar surface area (TPSA) is 101 Å². The Labute approximate surface area is 172 Å². The Morgan fingerprint density at radius 1 is 1.32 bits per heavy atom. The van der Waals surface area contributed by atoms with E-state index >= 15 is 0 Å². The van der Waals surface area contributed by atoms with Gasteiger partial charge in [0.15, 0.2) is 4.34 Å². The number of hydrogen-bond donors (Lipinski definition) is 1. The maximum Gasteiger partial charge on any atom is 0.257 e. The van der Waals surface area contributed by atoms with E-state index in [1.165, 1.54) is 27.8 Å². The minimum absolute atomic E-state index is 0.0987. The standard InChI is InChI=1S/C17H22N4O4S3/c1-3-10-26-17-20-19-16(27-17)18-15(22)14-11-13(5-4-12(14)2)28(23,24)21-6-8-25-9-7-21/h4-5,11H,3,6-10H2,1-2H3,(H,18,19,22). The van der Waals surface area contributed by atoms with Crippen molar-refractivity contribution in [3.05, 3.63) is 29.3 Å². The van der Waals surface area contributed by atoms with E-state index in [4.69, 9.17) is 4.74 Å². The van der Waals surface area contributed by atoms with Crippen LogP contribution in [0.25, 0.3) is 0 Å². The highest BCUT2D eigenvalue weighted by molar-refractivity contribution is 8.01. The van der Waals surface area contributed by atoms with Crippen LogP contribution in [0.4, 0.5) is 5.13 Å². The monoisotopic (exact) mass is 442 g/mol. The molecule has 1 aliphatic heterocycles. The molecule has 1 fully saturated rings. The first-order chi connectivity index (χ1) is 13.4. The number of sulfonamides is 1. The molecular formula is C17H22N4O4S3. The first-order valence-electron chi connectivity index (χ1n) is 8.88. The minimum Gasteiger partial charge on any atom is -0.379 e. The number of thioether (sulfide) groups is 1. The third kappa shape index (κ3) is 4.90. The summed E-state index contributed by atoms with van der Waals surface area (Å²) in [5.74, 6) is 0.531. The Hall–Kier alpha value is -1.53. The highest BCUT2D eigenvalue weighted by Gasteiger charge is 2.27. The Bertz CT molecular complexity index is 940. The Balaban J connectivity index is 1.79. The van der Waals surface area contributed by atoms with Crippen LogP contribution in [0.5, 0.6) is 0 Å². The Morgan fingerprint density at radius 3 is 2.79 bits per heavy atom. The van der Waals surface area contributed by atoms with Crippen LogP contribution in [0.3, 0.4) is 0 Å². The van der Waals surface area contributed by atoms with E-state index in [1.54, 1.807) is 24.8 Å². The van der Waals surface area contributed by atoms with E-state index < -0.39 is 15.9 Å². The Kier molecular flexibility index (Phi) is 7.05. The van der Waals surface area contributed by atoms with Gasteiger partial charge in [-0.3, -0.25) is 10.1 Å². The van der Waals surface area contributed by atoms with Crippen LogP contribution in [0.15, 0.2) is 27.4 Å². The van der Waals surface area contributed by atoms with Crippen LogP contribution in [0, 0.1) is 6.92 Å². The molecule has 11 heteroatoms. The lowest BCUT2D eigenvalue weighted by Gasteiger charge is -2.26. The summed E-state index contributed by atoms with van der Waals surface area (Å²) in [4.78, 5) is 12.8. The zero-order valence-corrected chi connectivity index (χ0v) is 18.1. The van der Waals surface area contributed by atoms with E-state index in [-0.39, 0.29) is 4.90 Å². The second kappa shape index (κ2) is 9.31. The van der Waals surface area contributed by atoms with Gasteiger partial charge in [0, 0.05) is 24.4 Å². The number of rotatable bonds is 7. The van der Waals surface area contributed by atoms with Crippen molar-refractivity contribution in [3.8, 4) is 0 Å². The van der Waals surface area contributed by atoms with Crippen LogP contribution in [0.2, 0.25) is 0 Å². The Morgan fingerprint density at radius 2 is 2.07 bits per heavy atom. The number of anilines is 1. The van der Waals surface area contributed by atoms with Crippen LogP contribution >= 0.6 is 23.1 Å². The smallest absolute Gasteiger partial charge is 0.257 e. The number of carbonyl (C=O) groups is 1. The van der Waals surface area contributed by atoms with E-state index in [0.717, 1.165) is 16.5 Å². The summed E-state index contributed by atoms with van der Waals surface area (Å²) < 4.78 is 33.1. The molecule has 0 unspecified atom stereocenters. The van der Waals surface area contributed by atoms with Crippen molar-refractivity contribution in [3.63, 3.8) is 0 Å². The van der Waals surface area contributed by atoms with Gasteiger partial charge in [0.2, 0.25) is 15.2 Å². The lowest BCUT2D eigenvalue weighted by atomic mass is 10.1. The van der Waals surface area contributed by atoms with Crippen molar-refractivity contribution in [1.82, 2.24) is 14.5 Å². The number of aromatic nitrogens is 2. The predicted molar refractivity (Wildman–Crippen MR) is 110 cm³/mol. The molecule has 1 amide bonds. The van der Waals surface area contributed by atoms with Gasteiger partial charge in [0.25, 0.3) is 5.91 Å². The molecule has 2 aromatic rings. The van der Waals surface area contributed by atoms with Crippen molar-refractivity contribution >= 4 is 44.2 Å². The largest absolute Gasteiger partial charge is 0.379 e.